The summed E-state index contributed by atoms with van der Waals surface area (Å²) in [6, 6.07) is 3.29. The van der Waals surface area contributed by atoms with Crippen LogP contribution < -0.4 is 11.1 Å². The van der Waals surface area contributed by atoms with Gasteiger partial charge in [-0.3, -0.25) is 9.59 Å². The van der Waals surface area contributed by atoms with E-state index in [9.17, 15) is 14.0 Å². The maximum Gasteiger partial charge on any atom is 0.322 e. The highest BCUT2D eigenvalue weighted by Crippen LogP contribution is 2.16. The summed E-state index contributed by atoms with van der Waals surface area (Å²) in [5, 5.41) is 10.8. The highest BCUT2D eigenvalue weighted by atomic mass is 19.1. The van der Waals surface area contributed by atoms with E-state index in [1.807, 2.05) is 0 Å². The van der Waals surface area contributed by atoms with Gasteiger partial charge in [-0.25, -0.2) is 4.39 Å². The third kappa shape index (κ3) is 2.94. The zero-order chi connectivity index (χ0) is 11.4. The van der Waals surface area contributed by atoms with Gasteiger partial charge in [0, 0.05) is 0 Å². The number of nitrogens with one attached hydrogen (secondary N) is 1. The van der Waals surface area contributed by atoms with E-state index in [1.165, 1.54) is 6.07 Å². The summed E-state index contributed by atoms with van der Waals surface area (Å²) in [6.07, 6.45) is 0. The van der Waals surface area contributed by atoms with Crippen molar-refractivity contribution in [1.82, 2.24) is 0 Å². The van der Waals surface area contributed by atoms with E-state index in [2.05, 4.69) is 5.32 Å². The van der Waals surface area contributed by atoms with Crippen molar-refractivity contribution in [2.45, 2.75) is 0 Å². The zero-order valence-corrected chi connectivity index (χ0v) is 7.66. The Labute approximate surface area is 84.7 Å². The fraction of sp³-hybridized carbons (Fsp3) is 0.111. The Kier molecular flexibility index (Phi) is 3.22. The van der Waals surface area contributed by atoms with Crippen molar-refractivity contribution in [2.75, 3.05) is 11.9 Å². The Morgan fingerprint density at radius 1 is 1.47 bits per heavy atom. The summed E-state index contributed by atoms with van der Waals surface area (Å²) in [7, 11) is 0. The van der Waals surface area contributed by atoms with Crippen LogP contribution in [0.15, 0.2) is 18.2 Å². The molecule has 0 fully saturated rings. The molecule has 0 saturated heterocycles. The van der Waals surface area contributed by atoms with Crippen LogP contribution in [0.25, 0.3) is 0 Å². The molecule has 0 saturated carbocycles. The monoisotopic (exact) mass is 212 g/mol. The van der Waals surface area contributed by atoms with Gasteiger partial charge in [-0.15, -0.1) is 0 Å². The molecule has 1 aromatic carbocycles. The van der Waals surface area contributed by atoms with Gasteiger partial charge >= 0.3 is 5.97 Å². The van der Waals surface area contributed by atoms with E-state index < -0.39 is 24.2 Å². The second-order valence-electron chi connectivity index (χ2n) is 2.80. The summed E-state index contributed by atoms with van der Waals surface area (Å²) in [6.45, 7) is -0.413. The smallest absolute Gasteiger partial charge is 0.322 e. The number of hydrogen-bond acceptors (Lipinski definition) is 3. The maximum atomic E-state index is 12.8. The molecular formula is C9H9FN2O3. The van der Waals surface area contributed by atoms with E-state index in [1.54, 1.807) is 0 Å². The Bertz CT molecular complexity index is 406. The van der Waals surface area contributed by atoms with Crippen LogP contribution in [0.3, 0.4) is 0 Å². The predicted octanol–water partition coefficient (Wildman–Crippen LogP) is 0.421. The molecule has 0 bridgehead atoms. The van der Waals surface area contributed by atoms with Crippen LogP contribution in [0.2, 0.25) is 0 Å². The van der Waals surface area contributed by atoms with Gasteiger partial charge in [0.25, 0.3) is 5.91 Å². The summed E-state index contributed by atoms with van der Waals surface area (Å²) >= 11 is 0. The normalized spacial score (nSPS) is 9.67. The highest BCUT2D eigenvalue weighted by molar-refractivity contribution is 5.98. The van der Waals surface area contributed by atoms with Gasteiger partial charge in [-0.2, -0.15) is 0 Å². The number of carboxylic acid groups (broad SMARTS) is 1. The number of halogens is 1. The number of carbonyl (C=O) groups is 2. The standard InChI is InChI=1S/C9H9FN2O3/c10-5-1-2-6(9(11)15)7(3-5)12-4-8(13)14/h1-3,12H,4H2,(H2,11,15)(H,13,14). The molecule has 0 radical (unpaired) electrons. The molecule has 1 amide bonds. The van der Waals surface area contributed by atoms with E-state index >= 15 is 0 Å². The third-order valence-corrected chi connectivity index (χ3v) is 1.68. The van der Waals surface area contributed by atoms with Crippen molar-refractivity contribution in [1.29, 1.82) is 0 Å². The van der Waals surface area contributed by atoms with E-state index in [4.69, 9.17) is 10.8 Å². The number of amides is 1. The Morgan fingerprint density at radius 3 is 2.67 bits per heavy atom. The van der Waals surface area contributed by atoms with E-state index in [-0.39, 0.29) is 11.3 Å². The van der Waals surface area contributed by atoms with Crippen LogP contribution in [0.4, 0.5) is 10.1 Å². The van der Waals surface area contributed by atoms with Crippen LogP contribution in [0.1, 0.15) is 10.4 Å². The number of carbonyl (C=O) groups excluding carboxylic acids is 1. The first-order chi connectivity index (χ1) is 7.00. The van der Waals surface area contributed by atoms with Gasteiger partial charge in [0.1, 0.15) is 12.4 Å². The van der Waals surface area contributed by atoms with Crippen LogP contribution in [-0.2, 0) is 4.79 Å². The van der Waals surface area contributed by atoms with Gasteiger partial charge in [0.15, 0.2) is 0 Å². The molecule has 15 heavy (non-hydrogen) atoms. The molecule has 4 N–H and O–H groups in total. The minimum Gasteiger partial charge on any atom is -0.480 e. The summed E-state index contributed by atoms with van der Waals surface area (Å²) < 4.78 is 12.8. The summed E-state index contributed by atoms with van der Waals surface area (Å²) in [5.74, 6) is -2.44. The Hall–Kier alpha value is -2.11. The zero-order valence-electron chi connectivity index (χ0n) is 7.66. The molecule has 0 heterocycles. The van der Waals surface area contributed by atoms with Crippen LogP contribution in [-0.4, -0.2) is 23.5 Å². The van der Waals surface area contributed by atoms with Crippen molar-refractivity contribution < 1.29 is 19.1 Å². The van der Waals surface area contributed by atoms with E-state index in [0.29, 0.717) is 0 Å². The fourth-order valence-corrected chi connectivity index (χ4v) is 1.05. The average Bonchev–Trinajstić information content (AvgIpc) is 2.14. The average molecular weight is 212 g/mol. The molecule has 0 atom stereocenters. The third-order valence-electron chi connectivity index (χ3n) is 1.68. The van der Waals surface area contributed by atoms with Gasteiger partial charge in [0.2, 0.25) is 0 Å². The van der Waals surface area contributed by atoms with Crippen molar-refractivity contribution in [3.63, 3.8) is 0 Å². The summed E-state index contributed by atoms with van der Waals surface area (Å²) in [4.78, 5) is 21.2. The second kappa shape index (κ2) is 4.41. The number of anilines is 1. The lowest BCUT2D eigenvalue weighted by Gasteiger charge is -2.07. The van der Waals surface area contributed by atoms with Crippen molar-refractivity contribution in [3.8, 4) is 0 Å². The number of nitrogens with two attached hydrogens (primary N) is 1. The fourth-order valence-electron chi connectivity index (χ4n) is 1.05. The van der Waals surface area contributed by atoms with E-state index in [0.717, 1.165) is 12.1 Å². The van der Waals surface area contributed by atoms with Gasteiger partial charge in [-0.05, 0) is 18.2 Å². The second-order valence-corrected chi connectivity index (χ2v) is 2.80. The summed E-state index contributed by atoms with van der Waals surface area (Å²) in [5.41, 5.74) is 5.15. The highest BCUT2D eigenvalue weighted by Gasteiger charge is 2.09. The number of aliphatic carboxylic acids is 1. The largest absolute Gasteiger partial charge is 0.480 e. The molecule has 0 unspecified atom stereocenters. The van der Waals surface area contributed by atoms with Gasteiger partial charge in [-0.1, -0.05) is 0 Å². The minimum absolute atomic E-state index is 0.0534. The first-order valence-electron chi connectivity index (χ1n) is 4.05. The predicted molar refractivity (Wildman–Crippen MR) is 51.0 cm³/mol. The van der Waals surface area contributed by atoms with Gasteiger partial charge < -0.3 is 16.2 Å². The Balaban J connectivity index is 2.96. The van der Waals surface area contributed by atoms with Crippen molar-refractivity contribution >= 4 is 17.6 Å². The van der Waals surface area contributed by atoms with Crippen LogP contribution in [0.5, 0.6) is 0 Å². The van der Waals surface area contributed by atoms with Crippen molar-refractivity contribution in [3.05, 3.63) is 29.6 Å². The molecule has 1 aromatic rings. The molecule has 80 valence electrons. The SMILES string of the molecule is NC(=O)c1ccc(F)cc1NCC(=O)O. The number of primary amides is 1. The number of benzene rings is 1. The molecule has 0 spiro atoms. The number of hydrogen-bond donors (Lipinski definition) is 3. The minimum atomic E-state index is -1.12. The topological polar surface area (TPSA) is 92.4 Å². The molecular weight excluding hydrogens is 203 g/mol. The first kappa shape index (κ1) is 11.0. The van der Waals surface area contributed by atoms with Crippen molar-refractivity contribution in [2.24, 2.45) is 5.73 Å². The molecule has 0 aromatic heterocycles. The molecule has 0 aliphatic carbocycles. The molecule has 0 aliphatic heterocycles. The molecule has 6 heteroatoms. The quantitative estimate of drug-likeness (QED) is 0.674. The maximum absolute atomic E-state index is 12.8. The molecule has 0 aliphatic rings. The van der Waals surface area contributed by atoms with Gasteiger partial charge in [0.05, 0.1) is 11.3 Å². The van der Waals surface area contributed by atoms with Crippen LogP contribution in [0, 0.1) is 5.82 Å². The number of carboxylic acids is 1. The lowest BCUT2D eigenvalue weighted by molar-refractivity contribution is -0.134. The first-order valence-corrected chi connectivity index (χ1v) is 4.05. The molecule has 1 rings (SSSR count). The lowest BCUT2D eigenvalue weighted by atomic mass is 10.1. The molecule has 5 nitrogen and oxygen atoms in total. The van der Waals surface area contributed by atoms with Crippen LogP contribution >= 0.6 is 0 Å². The Morgan fingerprint density at radius 2 is 2.13 bits per heavy atom. The lowest BCUT2D eigenvalue weighted by Crippen LogP contribution is -2.18. The number of rotatable bonds is 4.